The number of alkyl carbamates (subject to hydrolysis) is 1. The van der Waals surface area contributed by atoms with Crippen LogP contribution in [0.1, 0.15) is 29.5 Å². The highest BCUT2D eigenvalue weighted by Gasteiger charge is 2.52. The zero-order valence-electron chi connectivity index (χ0n) is 14.1. The van der Waals surface area contributed by atoms with E-state index in [1.807, 2.05) is 61.5 Å². The largest absolute Gasteiger partial charge is 0.481 e. The molecule has 1 fully saturated rings. The van der Waals surface area contributed by atoms with Crippen LogP contribution in [0.3, 0.4) is 0 Å². The number of carboxylic acids is 1. The third kappa shape index (κ3) is 3.65. The van der Waals surface area contributed by atoms with Gasteiger partial charge < -0.3 is 15.2 Å². The molecule has 5 heteroatoms. The number of carboxylic acid groups (broad SMARTS) is 1. The quantitative estimate of drug-likeness (QED) is 0.875. The molecule has 0 heterocycles. The topological polar surface area (TPSA) is 75.6 Å². The molecule has 1 aliphatic rings. The maximum atomic E-state index is 11.9. The second kappa shape index (κ2) is 6.97. The Morgan fingerprint density at radius 1 is 1.12 bits per heavy atom. The average molecular weight is 339 g/mol. The lowest BCUT2D eigenvalue weighted by Gasteiger charge is -2.44. The van der Waals surface area contributed by atoms with Gasteiger partial charge in [-0.1, -0.05) is 60.2 Å². The van der Waals surface area contributed by atoms with E-state index in [0.717, 1.165) is 16.7 Å². The summed E-state index contributed by atoms with van der Waals surface area (Å²) in [5.41, 5.74) is 1.85. The molecule has 0 atom stereocenters. The summed E-state index contributed by atoms with van der Waals surface area (Å²) >= 11 is 0. The monoisotopic (exact) mass is 339 g/mol. The van der Waals surface area contributed by atoms with Crippen LogP contribution in [0.15, 0.2) is 54.6 Å². The van der Waals surface area contributed by atoms with E-state index in [4.69, 9.17) is 4.74 Å². The zero-order chi connectivity index (χ0) is 17.9. The molecule has 0 bridgehead atoms. The molecular weight excluding hydrogens is 318 g/mol. The molecule has 1 saturated carbocycles. The van der Waals surface area contributed by atoms with E-state index in [0.29, 0.717) is 12.8 Å². The molecule has 1 amide bonds. The van der Waals surface area contributed by atoms with E-state index in [2.05, 4.69) is 5.32 Å². The molecule has 5 nitrogen and oxygen atoms in total. The van der Waals surface area contributed by atoms with Crippen molar-refractivity contribution in [3.05, 3.63) is 71.3 Å². The maximum absolute atomic E-state index is 11.9. The summed E-state index contributed by atoms with van der Waals surface area (Å²) in [5, 5.41) is 12.4. The van der Waals surface area contributed by atoms with Crippen LogP contribution in [0, 0.1) is 6.92 Å². The van der Waals surface area contributed by atoms with Crippen LogP contribution >= 0.6 is 0 Å². The molecule has 0 aromatic heterocycles. The summed E-state index contributed by atoms with van der Waals surface area (Å²) in [5.74, 6) is -0.855. The Morgan fingerprint density at radius 2 is 1.76 bits per heavy atom. The van der Waals surface area contributed by atoms with Gasteiger partial charge in [0.15, 0.2) is 0 Å². The van der Waals surface area contributed by atoms with Gasteiger partial charge in [0.2, 0.25) is 0 Å². The van der Waals surface area contributed by atoms with Crippen LogP contribution in [0.2, 0.25) is 0 Å². The number of rotatable bonds is 5. The van der Waals surface area contributed by atoms with Crippen molar-refractivity contribution >= 4 is 12.1 Å². The van der Waals surface area contributed by atoms with Crippen LogP contribution in [0.5, 0.6) is 0 Å². The first kappa shape index (κ1) is 17.0. The molecule has 0 spiro atoms. The fraction of sp³-hybridized carbons (Fsp3) is 0.300. The molecule has 130 valence electrons. The van der Waals surface area contributed by atoms with Gasteiger partial charge in [-0.25, -0.2) is 4.79 Å². The van der Waals surface area contributed by atoms with Crippen molar-refractivity contribution in [2.24, 2.45) is 0 Å². The molecule has 2 N–H and O–H groups in total. The van der Waals surface area contributed by atoms with Crippen LogP contribution in [0.4, 0.5) is 4.79 Å². The second-order valence-electron chi connectivity index (χ2n) is 6.56. The van der Waals surface area contributed by atoms with Crippen molar-refractivity contribution in [3.63, 3.8) is 0 Å². The van der Waals surface area contributed by atoms with Gasteiger partial charge >= 0.3 is 12.1 Å². The third-order valence-electron chi connectivity index (χ3n) is 4.74. The predicted octanol–water partition coefficient (Wildman–Crippen LogP) is 3.41. The maximum Gasteiger partial charge on any atom is 0.407 e. The summed E-state index contributed by atoms with van der Waals surface area (Å²) in [4.78, 5) is 23.7. The van der Waals surface area contributed by atoms with Gasteiger partial charge in [0, 0.05) is 6.04 Å². The van der Waals surface area contributed by atoms with E-state index in [1.54, 1.807) is 0 Å². The SMILES string of the molecule is Cc1ccc(C2(C(=O)O)CC(NC(=O)OCc3ccccc3)C2)cc1. The summed E-state index contributed by atoms with van der Waals surface area (Å²) in [6, 6.07) is 16.8. The Balaban J connectivity index is 1.55. The number of aryl methyl sites for hydroxylation is 1. The van der Waals surface area contributed by atoms with Crippen molar-refractivity contribution < 1.29 is 19.4 Å². The lowest BCUT2D eigenvalue weighted by molar-refractivity contribution is -0.148. The van der Waals surface area contributed by atoms with E-state index < -0.39 is 17.5 Å². The van der Waals surface area contributed by atoms with Gasteiger partial charge in [-0.3, -0.25) is 4.79 Å². The molecule has 0 unspecified atom stereocenters. The van der Waals surface area contributed by atoms with Crippen molar-refractivity contribution in [3.8, 4) is 0 Å². The number of amides is 1. The summed E-state index contributed by atoms with van der Waals surface area (Å²) in [7, 11) is 0. The van der Waals surface area contributed by atoms with Gasteiger partial charge in [-0.2, -0.15) is 0 Å². The molecule has 1 aliphatic carbocycles. The molecule has 0 aliphatic heterocycles. The molecule has 25 heavy (non-hydrogen) atoms. The van der Waals surface area contributed by atoms with Gasteiger partial charge in [-0.05, 0) is 30.9 Å². The standard InChI is InChI=1S/C20H21NO4/c1-14-7-9-16(10-8-14)20(18(22)23)11-17(12-20)21-19(24)25-13-15-5-3-2-4-6-15/h2-10,17H,11-13H2,1H3,(H,21,24)(H,22,23). The first-order chi connectivity index (χ1) is 12.0. The fourth-order valence-electron chi connectivity index (χ4n) is 3.22. The van der Waals surface area contributed by atoms with Gasteiger partial charge in [-0.15, -0.1) is 0 Å². The highest BCUT2D eigenvalue weighted by Crippen LogP contribution is 2.44. The van der Waals surface area contributed by atoms with E-state index in [1.165, 1.54) is 0 Å². The van der Waals surface area contributed by atoms with Crippen LogP contribution in [-0.4, -0.2) is 23.2 Å². The van der Waals surface area contributed by atoms with Crippen LogP contribution < -0.4 is 5.32 Å². The Labute approximate surface area is 146 Å². The molecule has 2 aromatic rings. The van der Waals surface area contributed by atoms with Crippen LogP contribution in [-0.2, 0) is 21.6 Å². The molecule has 0 radical (unpaired) electrons. The highest BCUT2D eigenvalue weighted by molar-refractivity contribution is 5.83. The van der Waals surface area contributed by atoms with Gasteiger partial charge in [0.1, 0.15) is 6.61 Å². The molecule has 2 aromatic carbocycles. The summed E-state index contributed by atoms with van der Waals surface area (Å²) < 4.78 is 5.19. The van der Waals surface area contributed by atoms with Crippen molar-refractivity contribution in [2.75, 3.05) is 0 Å². The van der Waals surface area contributed by atoms with E-state index in [-0.39, 0.29) is 12.6 Å². The van der Waals surface area contributed by atoms with Crippen molar-refractivity contribution in [2.45, 2.75) is 37.8 Å². The Bertz CT molecular complexity index is 749. The first-order valence-electron chi connectivity index (χ1n) is 8.27. The number of nitrogens with one attached hydrogen (secondary N) is 1. The van der Waals surface area contributed by atoms with Crippen molar-refractivity contribution in [1.82, 2.24) is 5.32 Å². The summed E-state index contributed by atoms with van der Waals surface area (Å²) in [6.45, 7) is 2.16. The average Bonchev–Trinajstić information content (AvgIpc) is 2.57. The number of hydrogen-bond donors (Lipinski definition) is 2. The van der Waals surface area contributed by atoms with E-state index >= 15 is 0 Å². The molecule has 3 rings (SSSR count). The first-order valence-corrected chi connectivity index (χ1v) is 8.27. The number of carbonyl (C=O) groups excluding carboxylic acids is 1. The van der Waals surface area contributed by atoms with Crippen molar-refractivity contribution in [1.29, 1.82) is 0 Å². The summed E-state index contributed by atoms with van der Waals surface area (Å²) in [6.07, 6.45) is 0.217. The zero-order valence-corrected chi connectivity index (χ0v) is 14.1. The fourth-order valence-corrected chi connectivity index (χ4v) is 3.22. The van der Waals surface area contributed by atoms with Gasteiger partial charge in [0.25, 0.3) is 0 Å². The minimum Gasteiger partial charge on any atom is -0.481 e. The normalized spacial score (nSPS) is 21.9. The highest BCUT2D eigenvalue weighted by atomic mass is 16.5. The third-order valence-corrected chi connectivity index (χ3v) is 4.74. The smallest absolute Gasteiger partial charge is 0.407 e. The minimum atomic E-state index is -0.926. The second-order valence-corrected chi connectivity index (χ2v) is 6.56. The van der Waals surface area contributed by atoms with Crippen LogP contribution in [0.25, 0.3) is 0 Å². The lowest BCUT2D eigenvalue weighted by atomic mass is 9.61. The van der Waals surface area contributed by atoms with E-state index in [9.17, 15) is 14.7 Å². The Morgan fingerprint density at radius 3 is 2.36 bits per heavy atom. The molecular formula is C20H21NO4. The predicted molar refractivity (Wildman–Crippen MR) is 93.3 cm³/mol. The van der Waals surface area contributed by atoms with Gasteiger partial charge in [0.05, 0.1) is 5.41 Å². The number of aliphatic carboxylic acids is 1. The number of ether oxygens (including phenoxy) is 1. The Kier molecular flexibility index (Phi) is 4.74. The number of benzene rings is 2. The lowest BCUT2D eigenvalue weighted by Crippen LogP contribution is -2.57. The number of hydrogen-bond acceptors (Lipinski definition) is 3. The number of carbonyl (C=O) groups is 2. The Hall–Kier alpha value is -2.82. The minimum absolute atomic E-state index is 0.194. The molecule has 0 saturated heterocycles.